The molecule has 0 unspecified atom stereocenters. The van der Waals surface area contributed by atoms with Crippen LogP contribution in [0.4, 0.5) is 0 Å². The third-order valence-corrected chi connectivity index (χ3v) is 5.43. The maximum absolute atomic E-state index is 11.8. The van der Waals surface area contributed by atoms with Crippen molar-refractivity contribution in [3.05, 3.63) is 53.3 Å². The maximum Gasteiger partial charge on any atom is 0.277 e. The average molecular weight is 576 g/mol. The van der Waals surface area contributed by atoms with Crippen molar-refractivity contribution < 1.29 is 14.6 Å². The van der Waals surface area contributed by atoms with E-state index in [9.17, 15) is 9.90 Å². The van der Waals surface area contributed by atoms with Crippen molar-refractivity contribution in [2.75, 3.05) is 6.61 Å². The van der Waals surface area contributed by atoms with Gasteiger partial charge in [-0.25, -0.2) is 5.43 Å². The first-order chi connectivity index (χ1) is 11.8. The van der Waals surface area contributed by atoms with Gasteiger partial charge in [-0.3, -0.25) is 4.79 Å². The van der Waals surface area contributed by atoms with Gasteiger partial charge in [0.2, 0.25) is 0 Å². The van der Waals surface area contributed by atoms with E-state index in [4.69, 9.17) is 27.9 Å². The van der Waals surface area contributed by atoms with Gasteiger partial charge in [0.25, 0.3) is 5.91 Å². The van der Waals surface area contributed by atoms with Crippen molar-refractivity contribution >= 4 is 83.1 Å². The summed E-state index contributed by atoms with van der Waals surface area (Å²) in [5, 5.41) is 14.5. The molecule has 2 aromatic carbocycles. The van der Waals surface area contributed by atoms with Crippen molar-refractivity contribution in [2.24, 2.45) is 5.10 Å². The Kier molecular flexibility index (Phi) is 7.57. The van der Waals surface area contributed by atoms with Crippen LogP contribution in [0.2, 0.25) is 10.0 Å². The number of ether oxygens (including phenoxy) is 1. The van der Waals surface area contributed by atoms with Gasteiger partial charge in [-0.1, -0.05) is 39.1 Å². The molecule has 0 heterocycles. The van der Waals surface area contributed by atoms with Crippen LogP contribution in [0.15, 0.2) is 42.8 Å². The molecule has 10 heteroatoms. The van der Waals surface area contributed by atoms with Crippen LogP contribution in [0.3, 0.4) is 0 Å². The number of phenols is 1. The largest absolute Gasteiger partial charge is 0.506 e. The Hall–Kier alpha value is -0.800. The first kappa shape index (κ1) is 20.5. The topological polar surface area (TPSA) is 70.9 Å². The van der Waals surface area contributed by atoms with E-state index in [1.54, 1.807) is 18.2 Å². The van der Waals surface area contributed by atoms with Crippen LogP contribution >= 0.6 is 71.0 Å². The summed E-state index contributed by atoms with van der Waals surface area (Å²) in [4.78, 5) is 11.8. The van der Waals surface area contributed by atoms with E-state index in [-0.39, 0.29) is 12.4 Å². The molecule has 2 aromatic rings. The Labute approximate surface area is 178 Å². The fourth-order valence-electron chi connectivity index (χ4n) is 1.65. The minimum absolute atomic E-state index is 0.0231. The molecule has 0 aromatic heterocycles. The first-order valence-corrected chi connectivity index (χ1v) is 9.69. The molecule has 0 atom stereocenters. The highest BCUT2D eigenvalue weighted by Crippen LogP contribution is 2.38. The SMILES string of the molecule is O=C(COc1cc(Cl)ccc1Cl)NN=Cc1c(Br)cc(Br)c(O)c1Br. The molecule has 1 amide bonds. The molecule has 0 saturated carbocycles. The normalized spacial score (nSPS) is 10.9. The van der Waals surface area contributed by atoms with Gasteiger partial charge in [0.1, 0.15) is 11.5 Å². The molecule has 2 rings (SSSR count). The highest BCUT2D eigenvalue weighted by molar-refractivity contribution is 9.11. The van der Waals surface area contributed by atoms with E-state index in [1.807, 2.05) is 0 Å². The number of rotatable bonds is 5. The molecule has 2 N–H and O–H groups in total. The molecule has 0 aliphatic rings. The lowest BCUT2D eigenvalue weighted by atomic mass is 10.2. The Bertz CT molecular complexity index is 847. The lowest BCUT2D eigenvalue weighted by Gasteiger charge is -2.08. The summed E-state index contributed by atoms with van der Waals surface area (Å²) < 4.78 is 6.91. The second-order valence-corrected chi connectivity index (χ2v) is 7.92. The van der Waals surface area contributed by atoms with Crippen LogP contribution in [0.5, 0.6) is 11.5 Å². The predicted octanol–water partition coefficient (Wildman–Crippen LogP) is 5.52. The van der Waals surface area contributed by atoms with E-state index >= 15 is 0 Å². The third-order valence-electron chi connectivity index (χ3n) is 2.82. The molecule has 25 heavy (non-hydrogen) atoms. The molecule has 0 spiro atoms. The Morgan fingerprint density at radius 1 is 1.24 bits per heavy atom. The number of amides is 1. The van der Waals surface area contributed by atoms with E-state index in [0.29, 0.717) is 34.8 Å². The van der Waals surface area contributed by atoms with E-state index in [0.717, 1.165) is 0 Å². The Morgan fingerprint density at radius 2 is 1.96 bits per heavy atom. The predicted molar refractivity (Wildman–Crippen MR) is 109 cm³/mol. The number of aromatic hydroxyl groups is 1. The van der Waals surface area contributed by atoms with E-state index < -0.39 is 5.91 Å². The van der Waals surface area contributed by atoms with Gasteiger partial charge in [0.05, 0.1) is 20.2 Å². The number of hydrogen-bond acceptors (Lipinski definition) is 4. The van der Waals surface area contributed by atoms with Gasteiger partial charge in [0.15, 0.2) is 6.61 Å². The maximum atomic E-state index is 11.8. The average Bonchev–Trinajstić information content (AvgIpc) is 2.56. The number of nitrogens with zero attached hydrogens (tertiary/aromatic N) is 1. The van der Waals surface area contributed by atoms with Crippen LogP contribution < -0.4 is 10.2 Å². The zero-order chi connectivity index (χ0) is 18.6. The molecular weight excluding hydrogens is 567 g/mol. The minimum Gasteiger partial charge on any atom is -0.506 e. The Balaban J connectivity index is 1.97. The number of hydrazone groups is 1. The summed E-state index contributed by atoms with van der Waals surface area (Å²) in [5.41, 5.74) is 2.87. The van der Waals surface area contributed by atoms with Crippen molar-refractivity contribution in [3.63, 3.8) is 0 Å². The second-order valence-electron chi connectivity index (χ2n) is 4.57. The van der Waals surface area contributed by atoms with Crippen molar-refractivity contribution in [1.29, 1.82) is 0 Å². The van der Waals surface area contributed by atoms with Gasteiger partial charge in [0, 0.05) is 21.1 Å². The molecule has 0 aliphatic carbocycles. The third kappa shape index (κ3) is 5.59. The molecule has 0 saturated heterocycles. The summed E-state index contributed by atoms with van der Waals surface area (Å²) >= 11 is 21.6. The summed E-state index contributed by atoms with van der Waals surface area (Å²) in [6.45, 7) is -0.286. The number of hydrogen-bond donors (Lipinski definition) is 2. The van der Waals surface area contributed by atoms with Gasteiger partial charge < -0.3 is 9.84 Å². The van der Waals surface area contributed by atoms with Gasteiger partial charge in [-0.2, -0.15) is 5.10 Å². The number of carbonyl (C=O) groups excluding carboxylic acids is 1. The fourth-order valence-corrected chi connectivity index (χ4v) is 4.30. The summed E-state index contributed by atoms with van der Waals surface area (Å²) in [6, 6.07) is 6.36. The number of benzene rings is 2. The molecule has 0 aliphatic heterocycles. The lowest BCUT2D eigenvalue weighted by molar-refractivity contribution is -0.123. The molecule has 132 valence electrons. The van der Waals surface area contributed by atoms with E-state index in [2.05, 4.69) is 58.3 Å². The summed E-state index contributed by atoms with van der Waals surface area (Å²) in [6.07, 6.45) is 1.38. The van der Waals surface area contributed by atoms with Crippen molar-refractivity contribution in [1.82, 2.24) is 5.43 Å². The minimum atomic E-state index is -0.485. The Morgan fingerprint density at radius 3 is 2.68 bits per heavy atom. The number of phenolic OH excluding ortho intramolecular Hbond substituents is 1. The molecule has 5 nitrogen and oxygen atoms in total. The molecule has 0 fully saturated rings. The number of nitrogens with one attached hydrogen (secondary N) is 1. The molecule has 0 bridgehead atoms. The molecular formula is C15H9Br3Cl2N2O3. The highest BCUT2D eigenvalue weighted by Gasteiger charge is 2.12. The van der Waals surface area contributed by atoms with Crippen LogP contribution in [0.25, 0.3) is 0 Å². The summed E-state index contributed by atoms with van der Waals surface area (Å²) in [7, 11) is 0. The van der Waals surface area contributed by atoms with Gasteiger partial charge in [-0.15, -0.1) is 0 Å². The quantitative estimate of drug-likeness (QED) is 0.365. The number of carbonyl (C=O) groups is 1. The standard InChI is InChI=1S/C15H9Br3Cl2N2O3/c16-9-4-10(17)15(24)14(18)8(9)5-21-22-13(23)6-25-12-3-7(19)1-2-11(12)20/h1-5,24H,6H2,(H,22,23). The zero-order valence-electron chi connectivity index (χ0n) is 12.2. The smallest absolute Gasteiger partial charge is 0.277 e. The van der Waals surface area contributed by atoms with Gasteiger partial charge in [-0.05, 0) is 50.1 Å². The second kappa shape index (κ2) is 9.23. The van der Waals surface area contributed by atoms with Crippen LogP contribution in [0, 0.1) is 0 Å². The van der Waals surface area contributed by atoms with Crippen LogP contribution in [0.1, 0.15) is 5.56 Å². The van der Waals surface area contributed by atoms with Crippen LogP contribution in [-0.4, -0.2) is 23.8 Å². The fraction of sp³-hybridized carbons (Fsp3) is 0.0667. The summed E-state index contributed by atoms with van der Waals surface area (Å²) in [5.74, 6) is -0.160. The lowest BCUT2D eigenvalue weighted by Crippen LogP contribution is -2.24. The van der Waals surface area contributed by atoms with E-state index in [1.165, 1.54) is 12.3 Å². The first-order valence-electron chi connectivity index (χ1n) is 6.55. The number of halogens is 5. The monoisotopic (exact) mass is 572 g/mol. The van der Waals surface area contributed by atoms with Gasteiger partial charge >= 0.3 is 0 Å². The highest BCUT2D eigenvalue weighted by atomic mass is 79.9. The zero-order valence-corrected chi connectivity index (χ0v) is 18.5. The molecule has 0 radical (unpaired) electrons. The van der Waals surface area contributed by atoms with Crippen molar-refractivity contribution in [2.45, 2.75) is 0 Å². The van der Waals surface area contributed by atoms with Crippen molar-refractivity contribution in [3.8, 4) is 11.5 Å². The van der Waals surface area contributed by atoms with Crippen LogP contribution in [-0.2, 0) is 4.79 Å².